The summed E-state index contributed by atoms with van der Waals surface area (Å²) in [4.78, 5) is 10.5. The van der Waals surface area contributed by atoms with Gasteiger partial charge in [-0.3, -0.25) is 4.79 Å². The van der Waals surface area contributed by atoms with Gasteiger partial charge < -0.3 is 5.11 Å². The molecule has 0 amide bonds. The molecule has 0 spiro atoms. The second-order valence-corrected chi connectivity index (χ2v) is 9.11. The number of allylic oxidation sites excluding steroid dienone is 1. The molecule has 0 aromatic carbocycles. The lowest BCUT2D eigenvalue weighted by atomic mass is 9.89. The van der Waals surface area contributed by atoms with Crippen LogP contribution < -0.4 is 0 Å². The molecule has 1 rings (SSSR count). The van der Waals surface area contributed by atoms with Crippen LogP contribution in [0.4, 0.5) is 0 Å². The maximum absolute atomic E-state index is 10.5. The zero-order valence-electron chi connectivity index (χ0n) is 15.4. The fourth-order valence-electron chi connectivity index (χ4n) is 3.21. The van der Waals surface area contributed by atoms with Crippen LogP contribution >= 0.6 is 23.5 Å². The Morgan fingerprint density at radius 1 is 1.08 bits per heavy atom. The van der Waals surface area contributed by atoms with E-state index in [1.54, 1.807) is 0 Å². The Labute approximate surface area is 157 Å². The quantitative estimate of drug-likeness (QED) is 0.272. The third-order valence-electron chi connectivity index (χ3n) is 4.78. The summed E-state index contributed by atoms with van der Waals surface area (Å²) in [6, 6.07) is 0. The molecule has 2 atom stereocenters. The van der Waals surface area contributed by atoms with Gasteiger partial charge in [0, 0.05) is 12.2 Å². The topological polar surface area (TPSA) is 37.3 Å². The van der Waals surface area contributed by atoms with Crippen LogP contribution in [0.25, 0.3) is 0 Å². The SMILES string of the molecule is CCCCC=CCSCCC1CSCC1CCCCCCC(=O)O. The van der Waals surface area contributed by atoms with E-state index in [1.807, 2.05) is 0 Å². The van der Waals surface area contributed by atoms with Crippen molar-refractivity contribution >= 4 is 29.5 Å². The van der Waals surface area contributed by atoms with Gasteiger partial charge in [0.1, 0.15) is 0 Å². The highest BCUT2D eigenvalue weighted by atomic mass is 32.2. The van der Waals surface area contributed by atoms with Gasteiger partial charge in [-0.2, -0.15) is 23.5 Å². The molecular weight excluding hydrogens is 336 g/mol. The largest absolute Gasteiger partial charge is 0.481 e. The number of hydrogen-bond donors (Lipinski definition) is 1. The summed E-state index contributed by atoms with van der Waals surface area (Å²) in [7, 11) is 0. The molecule has 0 aromatic heterocycles. The summed E-state index contributed by atoms with van der Waals surface area (Å²) in [6.45, 7) is 2.24. The first-order valence-electron chi connectivity index (χ1n) is 9.76. The molecule has 1 saturated heterocycles. The fraction of sp³-hybridized carbons (Fsp3) is 0.850. The molecule has 140 valence electrons. The maximum atomic E-state index is 10.5. The highest BCUT2D eigenvalue weighted by Crippen LogP contribution is 2.36. The van der Waals surface area contributed by atoms with Gasteiger partial charge in [-0.05, 0) is 54.8 Å². The van der Waals surface area contributed by atoms with Gasteiger partial charge in [-0.1, -0.05) is 51.2 Å². The van der Waals surface area contributed by atoms with Crippen molar-refractivity contribution in [3.8, 4) is 0 Å². The molecule has 1 fully saturated rings. The van der Waals surface area contributed by atoms with E-state index in [1.165, 1.54) is 68.0 Å². The Kier molecular flexibility index (Phi) is 13.9. The molecule has 24 heavy (non-hydrogen) atoms. The second kappa shape index (κ2) is 15.2. The van der Waals surface area contributed by atoms with Crippen molar-refractivity contribution in [1.29, 1.82) is 0 Å². The van der Waals surface area contributed by atoms with Crippen molar-refractivity contribution in [3.05, 3.63) is 12.2 Å². The first-order valence-corrected chi connectivity index (χ1v) is 12.1. The predicted molar refractivity (Wildman–Crippen MR) is 110 cm³/mol. The Morgan fingerprint density at radius 3 is 2.58 bits per heavy atom. The van der Waals surface area contributed by atoms with Gasteiger partial charge in [0.05, 0.1) is 0 Å². The van der Waals surface area contributed by atoms with Crippen molar-refractivity contribution in [2.45, 2.75) is 71.1 Å². The molecule has 1 aliphatic heterocycles. The highest BCUT2D eigenvalue weighted by molar-refractivity contribution is 7.99. The molecule has 0 radical (unpaired) electrons. The lowest BCUT2D eigenvalue weighted by Gasteiger charge is -2.18. The Bertz CT molecular complexity index is 345. The summed E-state index contributed by atoms with van der Waals surface area (Å²) in [5, 5.41) is 8.64. The normalized spacial score (nSPS) is 20.9. The molecule has 0 aliphatic carbocycles. The summed E-state index contributed by atoms with van der Waals surface area (Å²) in [6.07, 6.45) is 16.0. The first-order chi connectivity index (χ1) is 11.7. The van der Waals surface area contributed by atoms with Crippen LogP contribution in [0, 0.1) is 11.8 Å². The van der Waals surface area contributed by atoms with Crippen molar-refractivity contribution in [2.75, 3.05) is 23.0 Å². The number of unbranched alkanes of at least 4 members (excludes halogenated alkanes) is 5. The molecule has 0 aromatic rings. The minimum Gasteiger partial charge on any atom is -0.481 e. The molecule has 2 unspecified atom stereocenters. The number of aliphatic carboxylic acids is 1. The number of carboxylic acids is 1. The number of thioether (sulfide) groups is 2. The van der Waals surface area contributed by atoms with Crippen LogP contribution in [0.5, 0.6) is 0 Å². The number of rotatable bonds is 15. The van der Waals surface area contributed by atoms with Gasteiger partial charge in [-0.15, -0.1) is 0 Å². The summed E-state index contributed by atoms with van der Waals surface area (Å²) >= 11 is 4.23. The monoisotopic (exact) mass is 372 g/mol. The molecular formula is C20H36O2S2. The molecule has 1 aliphatic rings. The smallest absolute Gasteiger partial charge is 0.303 e. The Hall–Kier alpha value is -0.0900. The van der Waals surface area contributed by atoms with E-state index in [0.29, 0.717) is 6.42 Å². The van der Waals surface area contributed by atoms with E-state index >= 15 is 0 Å². The van der Waals surface area contributed by atoms with E-state index in [2.05, 4.69) is 42.6 Å². The van der Waals surface area contributed by atoms with Crippen LogP contribution in [0.2, 0.25) is 0 Å². The lowest BCUT2D eigenvalue weighted by molar-refractivity contribution is -0.137. The van der Waals surface area contributed by atoms with Gasteiger partial charge in [0.15, 0.2) is 0 Å². The average molecular weight is 373 g/mol. The standard InChI is InChI=1S/C20H36O2S2/c1-2-3-4-7-10-14-23-15-13-19-17-24-16-18(19)11-8-5-6-9-12-20(21)22/h7,10,18-19H,2-6,8-9,11-17H2,1H3,(H,21,22). The van der Waals surface area contributed by atoms with Crippen molar-refractivity contribution < 1.29 is 9.90 Å². The van der Waals surface area contributed by atoms with Crippen LogP contribution in [0.15, 0.2) is 12.2 Å². The number of hydrogen-bond acceptors (Lipinski definition) is 3. The van der Waals surface area contributed by atoms with Crippen molar-refractivity contribution in [2.24, 2.45) is 11.8 Å². The summed E-state index contributed by atoms with van der Waals surface area (Å²) in [5.74, 6) is 6.37. The van der Waals surface area contributed by atoms with Crippen LogP contribution in [0.3, 0.4) is 0 Å². The van der Waals surface area contributed by atoms with Crippen LogP contribution in [-0.2, 0) is 4.79 Å². The first kappa shape index (κ1) is 22.0. The molecule has 0 bridgehead atoms. The molecule has 1 heterocycles. The van der Waals surface area contributed by atoms with Crippen LogP contribution in [-0.4, -0.2) is 34.1 Å². The third kappa shape index (κ3) is 11.5. The predicted octanol–water partition coefficient (Wildman–Crippen LogP) is 6.26. The lowest BCUT2D eigenvalue weighted by Crippen LogP contribution is -2.13. The van der Waals surface area contributed by atoms with Crippen LogP contribution in [0.1, 0.15) is 71.1 Å². The molecule has 0 saturated carbocycles. The van der Waals surface area contributed by atoms with E-state index in [4.69, 9.17) is 5.11 Å². The Balaban J connectivity index is 2.00. The number of carbonyl (C=O) groups is 1. The van der Waals surface area contributed by atoms with Gasteiger partial charge in [0.25, 0.3) is 0 Å². The van der Waals surface area contributed by atoms with Crippen molar-refractivity contribution in [3.63, 3.8) is 0 Å². The minimum atomic E-state index is -0.653. The zero-order valence-corrected chi connectivity index (χ0v) is 17.0. The summed E-state index contributed by atoms with van der Waals surface area (Å²) in [5.41, 5.74) is 0. The summed E-state index contributed by atoms with van der Waals surface area (Å²) < 4.78 is 0. The third-order valence-corrected chi connectivity index (χ3v) is 7.06. The highest BCUT2D eigenvalue weighted by Gasteiger charge is 2.26. The Morgan fingerprint density at radius 2 is 1.83 bits per heavy atom. The van der Waals surface area contributed by atoms with Gasteiger partial charge in [0.2, 0.25) is 0 Å². The van der Waals surface area contributed by atoms with E-state index < -0.39 is 5.97 Å². The van der Waals surface area contributed by atoms with E-state index in [-0.39, 0.29) is 0 Å². The zero-order chi connectivity index (χ0) is 17.5. The molecule has 4 heteroatoms. The van der Waals surface area contributed by atoms with E-state index in [0.717, 1.165) is 24.7 Å². The molecule has 1 N–H and O–H groups in total. The van der Waals surface area contributed by atoms with Crippen molar-refractivity contribution in [1.82, 2.24) is 0 Å². The second-order valence-electron chi connectivity index (χ2n) is 6.88. The van der Waals surface area contributed by atoms with E-state index in [9.17, 15) is 4.79 Å². The van der Waals surface area contributed by atoms with Gasteiger partial charge in [-0.25, -0.2) is 0 Å². The fourth-order valence-corrected chi connectivity index (χ4v) is 5.74. The minimum absolute atomic E-state index is 0.339. The number of carboxylic acid groups (broad SMARTS) is 1. The average Bonchev–Trinajstić information content (AvgIpc) is 3.00. The van der Waals surface area contributed by atoms with Gasteiger partial charge >= 0.3 is 5.97 Å². The maximum Gasteiger partial charge on any atom is 0.303 e. The molecule has 2 nitrogen and oxygen atoms in total.